The molecular weight excluding hydrogens is 250 g/mol. The molecule has 0 spiro atoms. The van der Waals surface area contributed by atoms with Crippen LogP contribution in [0.15, 0.2) is 18.2 Å². The number of rotatable bonds is 6. The largest absolute Gasteiger partial charge is 0.397 e. The SMILES string of the molecule is CCC(CC)(CC)Nc1cc(C(=O)N(C)C)ccc1N. The van der Waals surface area contributed by atoms with Crippen molar-refractivity contribution >= 4 is 17.3 Å². The molecule has 0 radical (unpaired) electrons. The molecule has 0 bridgehead atoms. The van der Waals surface area contributed by atoms with Gasteiger partial charge in [0.2, 0.25) is 0 Å². The summed E-state index contributed by atoms with van der Waals surface area (Å²) in [5.41, 5.74) is 8.27. The quantitative estimate of drug-likeness (QED) is 0.784. The molecular formula is C16H27N3O. The van der Waals surface area contributed by atoms with Gasteiger partial charge >= 0.3 is 0 Å². The summed E-state index contributed by atoms with van der Waals surface area (Å²) >= 11 is 0. The van der Waals surface area contributed by atoms with E-state index in [1.54, 1.807) is 31.1 Å². The van der Waals surface area contributed by atoms with Crippen molar-refractivity contribution < 1.29 is 4.79 Å². The van der Waals surface area contributed by atoms with Gasteiger partial charge in [-0.05, 0) is 37.5 Å². The van der Waals surface area contributed by atoms with Crippen LogP contribution in [-0.2, 0) is 0 Å². The van der Waals surface area contributed by atoms with Crippen LogP contribution in [-0.4, -0.2) is 30.4 Å². The fourth-order valence-electron chi connectivity index (χ4n) is 2.36. The smallest absolute Gasteiger partial charge is 0.253 e. The Kier molecular flexibility index (Phi) is 5.43. The van der Waals surface area contributed by atoms with E-state index >= 15 is 0 Å². The minimum Gasteiger partial charge on any atom is -0.397 e. The Bertz CT molecular complexity index is 457. The maximum atomic E-state index is 12.0. The zero-order valence-corrected chi connectivity index (χ0v) is 13.3. The Labute approximate surface area is 122 Å². The van der Waals surface area contributed by atoms with E-state index in [-0.39, 0.29) is 11.4 Å². The third-order valence-corrected chi connectivity index (χ3v) is 4.14. The zero-order valence-electron chi connectivity index (χ0n) is 13.3. The summed E-state index contributed by atoms with van der Waals surface area (Å²) in [6.45, 7) is 6.51. The molecule has 0 heterocycles. The maximum absolute atomic E-state index is 12.0. The van der Waals surface area contributed by atoms with E-state index in [1.165, 1.54) is 0 Å². The van der Waals surface area contributed by atoms with E-state index in [0.29, 0.717) is 11.3 Å². The van der Waals surface area contributed by atoms with Crippen LogP contribution >= 0.6 is 0 Å². The van der Waals surface area contributed by atoms with Gasteiger partial charge in [0.15, 0.2) is 0 Å². The summed E-state index contributed by atoms with van der Waals surface area (Å²) < 4.78 is 0. The first-order valence-corrected chi connectivity index (χ1v) is 7.28. The number of anilines is 2. The molecule has 0 atom stereocenters. The summed E-state index contributed by atoms with van der Waals surface area (Å²) in [5.74, 6) is -0.0110. The van der Waals surface area contributed by atoms with Crippen LogP contribution in [0.3, 0.4) is 0 Å². The van der Waals surface area contributed by atoms with Crippen molar-refractivity contribution in [2.24, 2.45) is 0 Å². The van der Waals surface area contributed by atoms with E-state index in [4.69, 9.17) is 5.73 Å². The van der Waals surface area contributed by atoms with Crippen LogP contribution in [0.4, 0.5) is 11.4 Å². The van der Waals surface area contributed by atoms with Crippen molar-refractivity contribution in [1.29, 1.82) is 0 Å². The fourth-order valence-corrected chi connectivity index (χ4v) is 2.36. The Morgan fingerprint density at radius 3 is 2.20 bits per heavy atom. The van der Waals surface area contributed by atoms with Crippen LogP contribution in [0.25, 0.3) is 0 Å². The van der Waals surface area contributed by atoms with Gasteiger partial charge in [-0.2, -0.15) is 0 Å². The summed E-state index contributed by atoms with van der Waals surface area (Å²) in [4.78, 5) is 13.6. The van der Waals surface area contributed by atoms with Gasteiger partial charge in [0.25, 0.3) is 5.91 Å². The molecule has 1 aromatic rings. The molecule has 1 rings (SSSR count). The van der Waals surface area contributed by atoms with E-state index in [0.717, 1.165) is 24.9 Å². The lowest BCUT2D eigenvalue weighted by Crippen LogP contribution is -2.36. The highest BCUT2D eigenvalue weighted by atomic mass is 16.2. The number of hydrogen-bond acceptors (Lipinski definition) is 3. The summed E-state index contributed by atoms with van der Waals surface area (Å²) in [7, 11) is 3.50. The number of nitrogen functional groups attached to an aromatic ring is 1. The van der Waals surface area contributed by atoms with Crippen molar-refractivity contribution in [3.63, 3.8) is 0 Å². The number of nitrogens with one attached hydrogen (secondary N) is 1. The molecule has 0 saturated heterocycles. The first-order valence-electron chi connectivity index (χ1n) is 7.28. The van der Waals surface area contributed by atoms with Crippen LogP contribution in [0.2, 0.25) is 0 Å². The molecule has 20 heavy (non-hydrogen) atoms. The molecule has 1 aromatic carbocycles. The minimum atomic E-state index is -0.0110. The summed E-state index contributed by atoms with van der Waals surface area (Å²) in [6.07, 6.45) is 3.06. The number of amides is 1. The molecule has 3 N–H and O–H groups in total. The highest BCUT2D eigenvalue weighted by Gasteiger charge is 2.24. The standard InChI is InChI=1S/C16H27N3O/c1-6-16(7-2,8-3)18-14-11-12(9-10-13(14)17)15(20)19(4)5/h9-11,18H,6-8,17H2,1-5H3. The molecule has 0 fully saturated rings. The van der Waals surface area contributed by atoms with Gasteiger partial charge < -0.3 is 16.0 Å². The first-order chi connectivity index (χ1) is 9.39. The Hall–Kier alpha value is -1.71. The van der Waals surface area contributed by atoms with Crippen molar-refractivity contribution in [3.05, 3.63) is 23.8 Å². The van der Waals surface area contributed by atoms with Crippen LogP contribution in [0.1, 0.15) is 50.4 Å². The van der Waals surface area contributed by atoms with Crippen LogP contribution in [0.5, 0.6) is 0 Å². The molecule has 4 heteroatoms. The van der Waals surface area contributed by atoms with Crippen molar-refractivity contribution in [1.82, 2.24) is 4.90 Å². The number of benzene rings is 1. The average molecular weight is 277 g/mol. The second kappa shape index (κ2) is 6.64. The lowest BCUT2D eigenvalue weighted by Gasteiger charge is -2.33. The molecule has 1 amide bonds. The number of carbonyl (C=O) groups excluding carboxylic acids is 1. The van der Waals surface area contributed by atoms with Crippen molar-refractivity contribution in [2.45, 2.75) is 45.6 Å². The maximum Gasteiger partial charge on any atom is 0.253 e. The predicted molar refractivity (Wildman–Crippen MR) is 86.1 cm³/mol. The number of carbonyl (C=O) groups is 1. The molecule has 0 unspecified atom stereocenters. The monoisotopic (exact) mass is 277 g/mol. The molecule has 0 aliphatic carbocycles. The third kappa shape index (κ3) is 3.44. The van der Waals surface area contributed by atoms with Crippen molar-refractivity contribution in [2.75, 3.05) is 25.1 Å². The minimum absolute atomic E-state index is 0.0110. The molecule has 0 aliphatic heterocycles. The second-order valence-corrected chi connectivity index (χ2v) is 5.47. The highest BCUT2D eigenvalue weighted by Crippen LogP contribution is 2.29. The molecule has 112 valence electrons. The number of nitrogens with two attached hydrogens (primary N) is 1. The van der Waals surface area contributed by atoms with Crippen LogP contribution in [0, 0.1) is 0 Å². The number of hydrogen-bond donors (Lipinski definition) is 2. The van der Waals surface area contributed by atoms with Crippen molar-refractivity contribution in [3.8, 4) is 0 Å². The fraction of sp³-hybridized carbons (Fsp3) is 0.562. The lowest BCUT2D eigenvalue weighted by molar-refractivity contribution is 0.0827. The third-order valence-electron chi connectivity index (χ3n) is 4.14. The Morgan fingerprint density at radius 1 is 1.20 bits per heavy atom. The summed E-state index contributed by atoms with van der Waals surface area (Å²) in [6, 6.07) is 5.42. The van der Waals surface area contributed by atoms with Gasteiger partial charge in [0, 0.05) is 25.2 Å². The Balaban J connectivity index is 3.12. The van der Waals surface area contributed by atoms with E-state index in [9.17, 15) is 4.79 Å². The lowest BCUT2D eigenvalue weighted by atomic mass is 9.89. The molecule has 4 nitrogen and oxygen atoms in total. The topological polar surface area (TPSA) is 58.4 Å². The summed E-state index contributed by atoms with van der Waals surface area (Å²) in [5, 5.41) is 3.55. The highest BCUT2D eigenvalue weighted by molar-refractivity contribution is 5.96. The second-order valence-electron chi connectivity index (χ2n) is 5.47. The van der Waals surface area contributed by atoms with Gasteiger partial charge in [-0.3, -0.25) is 4.79 Å². The van der Waals surface area contributed by atoms with E-state index < -0.39 is 0 Å². The molecule has 0 aliphatic rings. The normalized spacial score (nSPS) is 11.2. The van der Waals surface area contributed by atoms with Gasteiger partial charge in [-0.15, -0.1) is 0 Å². The van der Waals surface area contributed by atoms with E-state index in [2.05, 4.69) is 26.1 Å². The Morgan fingerprint density at radius 2 is 1.75 bits per heavy atom. The average Bonchev–Trinajstić information content (AvgIpc) is 2.46. The predicted octanol–water partition coefficient (Wildman–Crippen LogP) is 3.35. The van der Waals surface area contributed by atoms with Crippen LogP contribution < -0.4 is 11.1 Å². The van der Waals surface area contributed by atoms with Gasteiger partial charge in [-0.25, -0.2) is 0 Å². The van der Waals surface area contributed by atoms with E-state index in [1.807, 2.05) is 6.07 Å². The van der Waals surface area contributed by atoms with Gasteiger partial charge in [0.1, 0.15) is 0 Å². The zero-order chi connectivity index (χ0) is 15.3. The van der Waals surface area contributed by atoms with Gasteiger partial charge in [0.05, 0.1) is 11.4 Å². The molecule has 0 saturated carbocycles. The number of nitrogens with zero attached hydrogens (tertiary/aromatic N) is 1. The molecule has 0 aromatic heterocycles. The first kappa shape index (κ1) is 16.3. The van der Waals surface area contributed by atoms with Gasteiger partial charge in [-0.1, -0.05) is 20.8 Å².